The molecule has 0 radical (unpaired) electrons. The van der Waals surface area contributed by atoms with Crippen LogP contribution in [0.2, 0.25) is 0 Å². The maximum Gasteiger partial charge on any atom is 0.229 e. The molecule has 0 amide bonds. The molecule has 2 N–H and O–H groups in total. The first-order valence-corrected chi connectivity index (χ1v) is 10.1. The Bertz CT molecular complexity index is 1180. The zero-order chi connectivity index (χ0) is 18.9. The van der Waals surface area contributed by atoms with Crippen LogP contribution in [0.15, 0.2) is 65.7 Å². The molecule has 0 bridgehead atoms. The summed E-state index contributed by atoms with van der Waals surface area (Å²) in [6.07, 6.45) is 7.97. The lowest BCUT2D eigenvalue weighted by atomic mass is 10.1. The van der Waals surface area contributed by atoms with Crippen molar-refractivity contribution >= 4 is 27.2 Å². The number of anilines is 2. The molecule has 9 heteroatoms. The smallest absolute Gasteiger partial charge is 0.229 e. The van der Waals surface area contributed by atoms with Crippen molar-refractivity contribution in [3.05, 3.63) is 67.0 Å². The van der Waals surface area contributed by atoms with Crippen molar-refractivity contribution in [3.63, 3.8) is 0 Å². The van der Waals surface area contributed by atoms with Gasteiger partial charge in [0.1, 0.15) is 5.76 Å². The van der Waals surface area contributed by atoms with Crippen molar-refractivity contribution in [2.24, 2.45) is 0 Å². The van der Waals surface area contributed by atoms with Gasteiger partial charge in [0.2, 0.25) is 10.0 Å². The van der Waals surface area contributed by atoms with Crippen molar-refractivity contribution in [3.8, 4) is 11.3 Å². The maximum atomic E-state index is 11.5. The molecule has 3 aromatic heterocycles. The lowest BCUT2D eigenvalue weighted by Gasteiger charge is -2.08. The van der Waals surface area contributed by atoms with Gasteiger partial charge in [-0.15, -0.1) is 0 Å². The Morgan fingerprint density at radius 1 is 1.19 bits per heavy atom. The number of nitrogens with one attached hydrogen (secondary N) is 2. The molecule has 0 unspecified atom stereocenters. The van der Waals surface area contributed by atoms with Crippen molar-refractivity contribution in [1.82, 2.24) is 14.4 Å². The highest BCUT2D eigenvalue weighted by Gasteiger charge is 2.12. The minimum absolute atomic E-state index is 0.496. The van der Waals surface area contributed by atoms with E-state index in [9.17, 15) is 8.42 Å². The second-order valence-electron chi connectivity index (χ2n) is 6.00. The van der Waals surface area contributed by atoms with Crippen LogP contribution in [0, 0.1) is 0 Å². The monoisotopic (exact) mass is 383 g/mol. The summed E-state index contributed by atoms with van der Waals surface area (Å²) in [6, 6.07) is 10.9. The Labute approximate surface area is 155 Å². The molecule has 0 aliphatic heterocycles. The van der Waals surface area contributed by atoms with Gasteiger partial charge in [0.25, 0.3) is 0 Å². The lowest BCUT2D eigenvalue weighted by Crippen LogP contribution is -2.09. The van der Waals surface area contributed by atoms with Crippen LogP contribution in [0.25, 0.3) is 16.9 Å². The van der Waals surface area contributed by atoms with Gasteiger partial charge in [-0.25, -0.2) is 18.4 Å². The van der Waals surface area contributed by atoms with E-state index >= 15 is 0 Å². The van der Waals surface area contributed by atoms with E-state index in [2.05, 4.69) is 20.0 Å². The van der Waals surface area contributed by atoms with Crippen LogP contribution in [-0.2, 0) is 16.6 Å². The quantitative estimate of drug-likeness (QED) is 0.531. The number of sulfonamides is 1. The first-order chi connectivity index (χ1) is 13.0. The van der Waals surface area contributed by atoms with Crippen LogP contribution in [-0.4, -0.2) is 29.0 Å². The van der Waals surface area contributed by atoms with Crippen LogP contribution in [0.5, 0.6) is 0 Å². The predicted molar refractivity (Wildman–Crippen MR) is 103 cm³/mol. The highest BCUT2D eigenvalue weighted by atomic mass is 32.2. The van der Waals surface area contributed by atoms with Crippen LogP contribution in [0.1, 0.15) is 5.76 Å². The Morgan fingerprint density at radius 3 is 2.85 bits per heavy atom. The van der Waals surface area contributed by atoms with Gasteiger partial charge < -0.3 is 9.73 Å². The summed E-state index contributed by atoms with van der Waals surface area (Å²) in [5.74, 6) is 1.43. The third kappa shape index (κ3) is 3.77. The normalized spacial score (nSPS) is 11.6. The van der Waals surface area contributed by atoms with Gasteiger partial charge in [-0.2, -0.15) is 0 Å². The zero-order valence-electron chi connectivity index (χ0n) is 14.5. The Kier molecular flexibility index (Phi) is 4.28. The minimum Gasteiger partial charge on any atom is -0.467 e. The Balaban J connectivity index is 1.67. The number of hydrogen-bond donors (Lipinski definition) is 2. The van der Waals surface area contributed by atoms with Gasteiger partial charge in [0.05, 0.1) is 31.0 Å². The SMILES string of the molecule is CS(=O)(=O)Nc1cccc(-c2cnc3c(NCc4ccco4)nccn23)c1. The molecule has 0 aliphatic carbocycles. The van der Waals surface area contributed by atoms with Crippen LogP contribution in [0.4, 0.5) is 11.5 Å². The van der Waals surface area contributed by atoms with Crippen LogP contribution < -0.4 is 10.0 Å². The van der Waals surface area contributed by atoms with E-state index < -0.39 is 10.0 Å². The van der Waals surface area contributed by atoms with Crippen LogP contribution >= 0.6 is 0 Å². The molecule has 27 heavy (non-hydrogen) atoms. The molecule has 0 atom stereocenters. The van der Waals surface area contributed by atoms with Gasteiger partial charge in [0.15, 0.2) is 11.5 Å². The summed E-state index contributed by atoms with van der Waals surface area (Å²) in [7, 11) is -3.34. The van der Waals surface area contributed by atoms with Crippen LogP contribution in [0.3, 0.4) is 0 Å². The van der Waals surface area contributed by atoms with E-state index in [1.165, 1.54) is 0 Å². The fraction of sp³-hybridized carbons (Fsp3) is 0.111. The summed E-state index contributed by atoms with van der Waals surface area (Å²) in [4.78, 5) is 8.82. The summed E-state index contributed by atoms with van der Waals surface area (Å²) in [6.45, 7) is 0.496. The molecule has 0 saturated carbocycles. The molecule has 138 valence electrons. The largest absolute Gasteiger partial charge is 0.467 e. The lowest BCUT2D eigenvalue weighted by molar-refractivity contribution is 0.518. The molecule has 1 aromatic carbocycles. The van der Waals surface area contributed by atoms with Gasteiger partial charge >= 0.3 is 0 Å². The van der Waals surface area contributed by atoms with Crippen molar-refractivity contribution < 1.29 is 12.8 Å². The fourth-order valence-corrected chi connectivity index (χ4v) is 3.35. The fourth-order valence-electron chi connectivity index (χ4n) is 2.80. The van der Waals surface area contributed by atoms with Gasteiger partial charge in [-0.1, -0.05) is 12.1 Å². The molecule has 4 aromatic rings. The number of aromatic nitrogens is 3. The first-order valence-electron chi connectivity index (χ1n) is 8.16. The third-order valence-corrected chi connectivity index (χ3v) is 4.51. The van der Waals surface area contributed by atoms with E-state index in [1.54, 1.807) is 36.9 Å². The molecular weight excluding hydrogens is 366 g/mol. The number of fused-ring (bicyclic) bond motifs is 1. The number of rotatable bonds is 6. The van der Waals surface area contributed by atoms with E-state index in [0.29, 0.717) is 23.7 Å². The number of furan rings is 1. The Hall–Kier alpha value is -3.33. The number of imidazole rings is 1. The highest BCUT2D eigenvalue weighted by molar-refractivity contribution is 7.92. The maximum absolute atomic E-state index is 11.5. The van der Waals surface area contributed by atoms with Crippen molar-refractivity contribution in [2.75, 3.05) is 16.3 Å². The first kappa shape index (κ1) is 17.1. The van der Waals surface area contributed by atoms with Gasteiger partial charge in [-0.3, -0.25) is 9.12 Å². The summed E-state index contributed by atoms with van der Waals surface area (Å²) < 4.78 is 32.7. The molecule has 0 saturated heterocycles. The average Bonchev–Trinajstić information content (AvgIpc) is 3.28. The molecule has 0 fully saturated rings. The number of benzene rings is 1. The van der Waals surface area contributed by atoms with E-state index in [-0.39, 0.29) is 0 Å². The average molecular weight is 383 g/mol. The number of hydrogen-bond acceptors (Lipinski definition) is 6. The molecule has 0 spiro atoms. The van der Waals surface area contributed by atoms with E-state index in [0.717, 1.165) is 23.3 Å². The van der Waals surface area contributed by atoms with Gasteiger partial charge in [0, 0.05) is 23.6 Å². The highest BCUT2D eigenvalue weighted by Crippen LogP contribution is 2.26. The van der Waals surface area contributed by atoms with E-state index in [1.807, 2.05) is 28.8 Å². The zero-order valence-corrected chi connectivity index (χ0v) is 15.3. The Morgan fingerprint density at radius 2 is 2.07 bits per heavy atom. The van der Waals surface area contributed by atoms with Crippen molar-refractivity contribution in [2.45, 2.75) is 6.54 Å². The molecular formula is C18H17N5O3S. The minimum atomic E-state index is -3.34. The second kappa shape index (κ2) is 6.76. The predicted octanol–water partition coefficient (Wildman–Crippen LogP) is 2.97. The van der Waals surface area contributed by atoms with E-state index in [4.69, 9.17) is 4.42 Å². The summed E-state index contributed by atoms with van der Waals surface area (Å²) in [5, 5.41) is 3.22. The third-order valence-electron chi connectivity index (χ3n) is 3.90. The number of nitrogens with zero attached hydrogens (tertiary/aromatic N) is 3. The molecule has 4 rings (SSSR count). The molecule has 3 heterocycles. The molecule has 0 aliphatic rings. The second-order valence-corrected chi connectivity index (χ2v) is 7.75. The topological polar surface area (TPSA) is 102 Å². The van der Waals surface area contributed by atoms with Gasteiger partial charge in [-0.05, 0) is 24.3 Å². The standard InChI is InChI=1S/C18H17N5O3S/c1-27(24,25)22-14-5-2-4-13(10-14)16-12-21-18-17(19-7-8-23(16)18)20-11-15-6-3-9-26-15/h2-10,12,22H,11H2,1H3,(H,19,20). The summed E-state index contributed by atoms with van der Waals surface area (Å²) >= 11 is 0. The van der Waals surface area contributed by atoms with Crippen molar-refractivity contribution in [1.29, 1.82) is 0 Å². The molecule has 8 nitrogen and oxygen atoms in total. The summed E-state index contributed by atoms with van der Waals surface area (Å²) in [5.41, 5.74) is 2.82.